The molecular formula is C22H25FN2O2S2. The van der Waals surface area contributed by atoms with Gasteiger partial charge in [0.05, 0.1) is 21.7 Å². The van der Waals surface area contributed by atoms with E-state index in [0.717, 1.165) is 47.0 Å². The molecule has 7 heteroatoms. The van der Waals surface area contributed by atoms with Gasteiger partial charge in [0, 0.05) is 24.4 Å². The predicted octanol–water partition coefficient (Wildman–Crippen LogP) is 5.95. The summed E-state index contributed by atoms with van der Waals surface area (Å²) in [5.41, 5.74) is 2.02. The Morgan fingerprint density at radius 1 is 1.34 bits per heavy atom. The van der Waals surface area contributed by atoms with Crippen LogP contribution in [-0.4, -0.2) is 25.1 Å². The maximum absolute atomic E-state index is 13.5. The number of halogens is 1. The van der Waals surface area contributed by atoms with Crippen molar-refractivity contribution in [3.63, 3.8) is 0 Å². The van der Waals surface area contributed by atoms with Crippen LogP contribution < -0.4 is 14.4 Å². The largest absolute Gasteiger partial charge is 0.464 e. The van der Waals surface area contributed by atoms with Crippen molar-refractivity contribution in [3.05, 3.63) is 54.6 Å². The Hall–Kier alpha value is -1.96. The lowest BCUT2D eigenvalue weighted by Crippen LogP contribution is -2.34. The minimum Gasteiger partial charge on any atom is -0.464 e. The van der Waals surface area contributed by atoms with E-state index in [-0.39, 0.29) is 5.82 Å². The molecule has 1 atom stereocenters. The summed E-state index contributed by atoms with van der Waals surface area (Å²) in [4.78, 5) is 14.8. The summed E-state index contributed by atoms with van der Waals surface area (Å²) in [5.74, 6) is 0.462. The molecule has 154 valence electrons. The minimum atomic E-state index is -0.241. The second-order valence-electron chi connectivity index (χ2n) is 6.70. The van der Waals surface area contributed by atoms with E-state index in [2.05, 4.69) is 22.6 Å². The maximum atomic E-state index is 13.5. The first kappa shape index (κ1) is 21.7. The van der Waals surface area contributed by atoms with E-state index in [9.17, 15) is 9.18 Å². The van der Waals surface area contributed by atoms with Crippen LogP contribution in [0.5, 0.6) is 5.75 Å². The number of allylic oxidation sites excluding steroid dienone is 1. The van der Waals surface area contributed by atoms with E-state index in [1.165, 1.54) is 24.5 Å². The number of ether oxygens (including phenoxy) is 1. The van der Waals surface area contributed by atoms with Gasteiger partial charge in [-0.1, -0.05) is 19.8 Å². The molecule has 2 aromatic rings. The number of benzene rings is 2. The van der Waals surface area contributed by atoms with Gasteiger partial charge in [0.15, 0.2) is 0 Å². The summed E-state index contributed by atoms with van der Waals surface area (Å²) >= 11 is 3.18. The van der Waals surface area contributed by atoms with Gasteiger partial charge in [0.25, 0.3) is 0 Å². The fourth-order valence-electron chi connectivity index (χ4n) is 3.19. The smallest absolute Gasteiger partial charge is 0.145 e. The first-order chi connectivity index (χ1) is 14.2. The van der Waals surface area contributed by atoms with Gasteiger partial charge in [-0.05, 0) is 61.0 Å². The van der Waals surface area contributed by atoms with Gasteiger partial charge in [-0.25, -0.2) is 4.39 Å². The molecule has 2 aromatic carbocycles. The number of carbonyl (C=O) groups is 1. The number of unbranched alkanes of at least 4 members (excludes halogenated alkanes) is 1. The van der Waals surface area contributed by atoms with Crippen molar-refractivity contribution in [2.45, 2.75) is 42.0 Å². The van der Waals surface area contributed by atoms with Crippen molar-refractivity contribution in [2.24, 2.45) is 0 Å². The molecular weight excluding hydrogens is 407 g/mol. The Labute approximate surface area is 180 Å². The summed E-state index contributed by atoms with van der Waals surface area (Å²) < 4.78 is 22.8. The van der Waals surface area contributed by atoms with Crippen LogP contribution >= 0.6 is 23.7 Å². The van der Waals surface area contributed by atoms with Crippen molar-refractivity contribution in [2.75, 3.05) is 17.7 Å². The van der Waals surface area contributed by atoms with Crippen LogP contribution in [0.2, 0.25) is 0 Å². The number of hydrogen-bond acceptors (Lipinski definition) is 6. The molecule has 0 aliphatic carbocycles. The van der Waals surface area contributed by atoms with Crippen LogP contribution in [0.4, 0.5) is 15.8 Å². The molecule has 1 unspecified atom stereocenters. The van der Waals surface area contributed by atoms with Crippen molar-refractivity contribution >= 4 is 41.4 Å². The van der Waals surface area contributed by atoms with Crippen LogP contribution in [0.1, 0.15) is 26.2 Å². The van der Waals surface area contributed by atoms with Crippen LogP contribution in [-0.2, 0) is 4.79 Å². The highest BCUT2D eigenvalue weighted by atomic mass is 32.2. The van der Waals surface area contributed by atoms with Gasteiger partial charge < -0.3 is 9.64 Å². The molecule has 0 bridgehead atoms. The fraction of sp³-hybridized carbons (Fsp3) is 0.318. The average molecular weight is 433 g/mol. The molecule has 0 saturated carbocycles. The molecule has 1 aliphatic rings. The minimum absolute atomic E-state index is 0.241. The Balaban J connectivity index is 2.02. The summed E-state index contributed by atoms with van der Waals surface area (Å²) in [6, 6.07) is 11.0. The second-order valence-corrected chi connectivity index (χ2v) is 8.43. The highest BCUT2D eigenvalue weighted by molar-refractivity contribution is 7.98. The Morgan fingerprint density at radius 2 is 2.14 bits per heavy atom. The van der Waals surface area contributed by atoms with E-state index in [4.69, 9.17) is 4.74 Å². The number of hydrogen-bond donors (Lipinski definition) is 1. The van der Waals surface area contributed by atoms with Crippen molar-refractivity contribution in [1.29, 1.82) is 0 Å². The molecule has 4 nitrogen and oxygen atoms in total. The third-order valence-electron chi connectivity index (χ3n) is 4.67. The maximum Gasteiger partial charge on any atom is 0.145 e. The van der Waals surface area contributed by atoms with Crippen LogP contribution in [0.3, 0.4) is 0 Å². The molecule has 29 heavy (non-hydrogen) atoms. The molecule has 1 heterocycles. The van der Waals surface area contributed by atoms with E-state index in [1.54, 1.807) is 23.7 Å². The summed E-state index contributed by atoms with van der Waals surface area (Å²) in [7, 11) is 0. The predicted molar refractivity (Wildman–Crippen MR) is 120 cm³/mol. The first-order valence-corrected chi connectivity index (χ1v) is 11.6. The van der Waals surface area contributed by atoms with Gasteiger partial charge in [-0.15, -0.1) is 11.8 Å². The summed E-state index contributed by atoms with van der Waals surface area (Å²) in [5, 5.41) is 0. The van der Waals surface area contributed by atoms with Crippen molar-refractivity contribution in [3.8, 4) is 5.75 Å². The van der Waals surface area contributed by atoms with Gasteiger partial charge in [0.1, 0.15) is 17.9 Å². The third kappa shape index (κ3) is 5.56. The Bertz CT molecular complexity index is 859. The van der Waals surface area contributed by atoms with Gasteiger partial charge >= 0.3 is 0 Å². The SMILES string of the molecule is CCCCC1CN(c2ccc(F)cc2)c2cc(SC)c(O/C=C/C=O)cc2SN1. The summed E-state index contributed by atoms with van der Waals surface area (Å²) in [6.07, 6.45) is 8.75. The standard InChI is InChI=1S/C22H25FN2O2S2/c1-3-4-6-17-15-25(18-9-7-16(23)8-10-18)19-13-22(28-2)20(27-12-5-11-26)14-21(19)29-24-17/h5,7-14,17,24H,3-4,6,15H2,1-2H3/b12-5+. The lowest BCUT2D eigenvalue weighted by atomic mass is 10.1. The number of carbonyl (C=O) groups excluding carboxylic acids is 1. The number of anilines is 2. The molecule has 0 fully saturated rings. The van der Waals surface area contributed by atoms with Gasteiger partial charge in [-0.3, -0.25) is 9.52 Å². The lowest BCUT2D eigenvalue weighted by Gasteiger charge is -2.28. The fourth-order valence-corrected chi connectivity index (χ4v) is 4.65. The Kier molecular flexibility index (Phi) is 8.03. The quantitative estimate of drug-likeness (QED) is 0.183. The topological polar surface area (TPSA) is 41.6 Å². The zero-order chi connectivity index (χ0) is 20.6. The monoisotopic (exact) mass is 432 g/mol. The summed E-state index contributed by atoms with van der Waals surface area (Å²) in [6.45, 7) is 2.99. The Morgan fingerprint density at radius 3 is 2.83 bits per heavy atom. The second kappa shape index (κ2) is 10.7. The van der Waals surface area contributed by atoms with Crippen molar-refractivity contribution in [1.82, 2.24) is 4.72 Å². The molecule has 1 N–H and O–H groups in total. The van der Waals surface area contributed by atoms with Crippen LogP contribution in [0.15, 0.2) is 58.5 Å². The first-order valence-electron chi connectivity index (χ1n) is 9.60. The van der Waals surface area contributed by atoms with Crippen LogP contribution in [0.25, 0.3) is 0 Å². The normalized spacial score (nSPS) is 16.5. The highest BCUT2D eigenvalue weighted by Crippen LogP contribution is 2.43. The average Bonchev–Trinajstić information content (AvgIpc) is 2.91. The number of nitrogens with one attached hydrogen (secondary N) is 1. The number of fused-ring (bicyclic) bond motifs is 1. The zero-order valence-electron chi connectivity index (χ0n) is 16.6. The van der Waals surface area contributed by atoms with Gasteiger partial charge in [-0.2, -0.15) is 0 Å². The van der Waals surface area contributed by atoms with E-state index < -0.39 is 0 Å². The lowest BCUT2D eigenvalue weighted by molar-refractivity contribution is -0.104. The number of rotatable bonds is 8. The molecule has 0 spiro atoms. The zero-order valence-corrected chi connectivity index (χ0v) is 18.2. The number of aldehydes is 1. The number of thioether (sulfide) groups is 1. The van der Waals surface area contributed by atoms with Crippen LogP contribution in [0, 0.1) is 5.82 Å². The van der Waals surface area contributed by atoms with Gasteiger partial charge in [0.2, 0.25) is 0 Å². The van der Waals surface area contributed by atoms with Crippen molar-refractivity contribution < 1.29 is 13.9 Å². The third-order valence-corrected chi connectivity index (χ3v) is 6.43. The van der Waals surface area contributed by atoms with E-state index >= 15 is 0 Å². The van der Waals surface area contributed by atoms with E-state index in [1.807, 2.05) is 24.5 Å². The van der Waals surface area contributed by atoms with E-state index in [0.29, 0.717) is 18.1 Å². The molecule has 0 aromatic heterocycles. The number of nitrogens with zero attached hydrogens (tertiary/aromatic N) is 1. The molecule has 0 radical (unpaired) electrons. The molecule has 0 amide bonds. The molecule has 0 saturated heterocycles. The molecule has 1 aliphatic heterocycles. The molecule has 3 rings (SSSR count). The highest BCUT2D eigenvalue weighted by Gasteiger charge is 2.25.